The van der Waals surface area contributed by atoms with Gasteiger partial charge in [-0.25, -0.2) is 0 Å². The van der Waals surface area contributed by atoms with Crippen LogP contribution < -0.4 is 0 Å². The molecule has 1 N–H and O–H groups in total. The average molecular weight is 263 g/mol. The summed E-state index contributed by atoms with van der Waals surface area (Å²) in [5.74, 6) is 0.199. The molecule has 0 saturated carbocycles. The van der Waals surface area contributed by atoms with Gasteiger partial charge in [0.05, 0.1) is 12.5 Å². The number of phenols is 1. The number of aromatic hydroxyl groups is 1. The minimum Gasteiger partial charge on any atom is -0.508 e. The molecule has 4 heteroatoms. The number of phenolic OH excluding ortho intramolecular Hbond substituents is 1. The lowest BCUT2D eigenvalue weighted by atomic mass is 9.97. The Morgan fingerprint density at radius 3 is 3.00 bits per heavy atom. The van der Waals surface area contributed by atoms with Crippen LogP contribution in [-0.4, -0.2) is 35.7 Å². The number of benzene rings is 1. The van der Waals surface area contributed by atoms with Gasteiger partial charge in [0.2, 0.25) is 0 Å². The standard InChI is InChI=1S/C15H21NO3/c1-2-19-15(18)13-7-5-9-16(11-13)10-12-6-3-4-8-14(12)17/h3-4,6,8,13,17H,2,5,7,9-11H2,1H3/t13-/m1/s1. The van der Waals surface area contributed by atoms with Crippen molar-refractivity contribution in [3.8, 4) is 5.75 Å². The summed E-state index contributed by atoms with van der Waals surface area (Å²) in [4.78, 5) is 14.0. The number of hydrogen-bond acceptors (Lipinski definition) is 4. The molecule has 0 radical (unpaired) electrons. The van der Waals surface area contributed by atoms with Crippen molar-refractivity contribution in [3.63, 3.8) is 0 Å². The number of para-hydroxylation sites is 1. The molecule has 0 bridgehead atoms. The predicted molar refractivity (Wildman–Crippen MR) is 72.7 cm³/mol. The van der Waals surface area contributed by atoms with E-state index < -0.39 is 0 Å². The highest BCUT2D eigenvalue weighted by Crippen LogP contribution is 2.23. The second kappa shape index (κ2) is 6.57. The third-order valence-corrected chi connectivity index (χ3v) is 3.51. The maximum Gasteiger partial charge on any atom is 0.310 e. The van der Waals surface area contributed by atoms with Crippen LogP contribution in [0.4, 0.5) is 0 Å². The second-order valence-corrected chi connectivity index (χ2v) is 4.96. The molecule has 0 unspecified atom stereocenters. The molecule has 19 heavy (non-hydrogen) atoms. The molecule has 0 aliphatic carbocycles. The van der Waals surface area contributed by atoms with E-state index in [1.54, 1.807) is 6.07 Å². The summed E-state index contributed by atoms with van der Waals surface area (Å²) in [5.41, 5.74) is 0.909. The topological polar surface area (TPSA) is 49.8 Å². The molecule has 1 aliphatic heterocycles. The summed E-state index contributed by atoms with van der Waals surface area (Å²) < 4.78 is 5.09. The Morgan fingerprint density at radius 1 is 1.47 bits per heavy atom. The van der Waals surface area contributed by atoms with Crippen molar-refractivity contribution in [3.05, 3.63) is 29.8 Å². The zero-order chi connectivity index (χ0) is 13.7. The van der Waals surface area contributed by atoms with Gasteiger partial charge in [0.1, 0.15) is 5.75 Å². The minimum atomic E-state index is -0.0931. The number of rotatable bonds is 4. The molecule has 1 aliphatic rings. The fourth-order valence-corrected chi connectivity index (χ4v) is 2.54. The predicted octanol–water partition coefficient (Wildman–Crippen LogP) is 2.17. The number of carbonyl (C=O) groups excluding carboxylic acids is 1. The number of nitrogens with zero attached hydrogens (tertiary/aromatic N) is 1. The van der Waals surface area contributed by atoms with Crippen molar-refractivity contribution in [2.75, 3.05) is 19.7 Å². The third kappa shape index (κ3) is 3.70. The van der Waals surface area contributed by atoms with E-state index in [1.807, 2.05) is 25.1 Å². The smallest absolute Gasteiger partial charge is 0.310 e. The van der Waals surface area contributed by atoms with Gasteiger partial charge in [0.25, 0.3) is 0 Å². The van der Waals surface area contributed by atoms with E-state index in [2.05, 4.69) is 4.90 Å². The Hall–Kier alpha value is -1.55. The van der Waals surface area contributed by atoms with Gasteiger partial charge < -0.3 is 9.84 Å². The second-order valence-electron chi connectivity index (χ2n) is 4.96. The normalized spacial score (nSPS) is 20.2. The van der Waals surface area contributed by atoms with E-state index in [0.717, 1.165) is 24.9 Å². The Labute approximate surface area is 114 Å². The average Bonchev–Trinajstić information content (AvgIpc) is 2.42. The van der Waals surface area contributed by atoms with Crippen molar-refractivity contribution in [2.45, 2.75) is 26.3 Å². The van der Waals surface area contributed by atoms with Crippen molar-refractivity contribution in [1.82, 2.24) is 4.90 Å². The van der Waals surface area contributed by atoms with Crippen molar-refractivity contribution >= 4 is 5.97 Å². The van der Waals surface area contributed by atoms with Crippen LogP contribution in [0.25, 0.3) is 0 Å². The quantitative estimate of drug-likeness (QED) is 0.846. The van der Waals surface area contributed by atoms with Crippen molar-refractivity contribution in [1.29, 1.82) is 0 Å². The molecule has 1 saturated heterocycles. The summed E-state index contributed by atoms with van der Waals surface area (Å²) >= 11 is 0. The molecule has 1 heterocycles. The third-order valence-electron chi connectivity index (χ3n) is 3.51. The number of ether oxygens (including phenoxy) is 1. The summed E-state index contributed by atoms with van der Waals surface area (Å²) in [6.07, 6.45) is 1.90. The number of esters is 1. The van der Waals surface area contributed by atoms with Gasteiger partial charge in [0, 0.05) is 18.7 Å². The SMILES string of the molecule is CCOC(=O)[C@@H]1CCCN(Cc2ccccc2O)C1. The van der Waals surface area contributed by atoms with Gasteiger partial charge in [-0.2, -0.15) is 0 Å². The molecule has 0 amide bonds. The lowest BCUT2D eigenvalue weighted by Gasteiger charge is -2.31. The molecule has 1 aromatic carbocycles. The largest absolute Gasteiger partial charge is 0.508 e. The Bertz CT molecular complexity index is 433. The van der Waals surface area contributed by atoms with E-state index >= 15 is 0 Å². The molecule has 2 rings (SSSR count). The maximum absolute atomic E-state index is 11.8. The lowest BCUT2D eigenvalue weighted by molar-refractivity contribution is -0.150. The Balaban J connectivity index is 1.94. The number of likely N-dealkylation sites (tertiary alicyclic amines) is 1. The van der Waals surface area contributed by atoms with Crippen LogP contribution in [0.15, 0.2) is 24.3 Å². The summed E-state index contributed by atoms with van der Waals surface area (Å²) in [6.45, 7) is 4.63. The summed E-state index contributed by atoms with van der Waals surface area (Å²) in [7, 11) is 0. The van der Waals surface area contributed by atoms with E-state index in [4.69, 9.17) is 4.74 Å². The highest BCUT2D eigenvalue weighted by Gasteiger charge is 2.26. The Morgan fingerprint density at radius 2 is 2.26 bits per heavy atom. The summed E-state index contributed by atoms with van der Waals surface area (Å²) in [5, 5.41) is 9.78. The van der Waals surface area contributed by atoms with Crippen LogP contribution in [0.3, 0.4) is 0 Å². The minimum absolute atomic E-state index is 0.0282. The molecule has 0 aromatic heterocycles. The molecule has 104 valence electrons. The van der Waals surface area contributed by atoms with Crippen LogP contribution in [0.5, 0.6) is 5.75 Å². The van der Waals surface area contributed by atoms with E-state index in [0.29, 0.717) is 25.4 Å². The fraction of sp³-hybridized carbons (Fsp3) is 0.533. The fourth-order valence-electron chi connectivity index (χ4n) is 2.54. The molecular formula is C15H21NO3. The molecule has 1 fully saturated rings. The molecule has 1 aromatic rings. The highest BCUT2D eigenvalue weighted by atomic mass is 16.5. The first-order valence-corrected chi connectivity index (χ1v) is 6.86. The van der Waals surface area contributed by atoms with Crippen molar-refractivity contribution < 1.29 is 14.6 Å². The first-order chi connectivity index (χ1) is 9.20. The van der Waals surface area contributed by atoms with Gasteiger partial charge >= 0.3 is 5.97 Å². The van der Waals surface area contributed by atoms with E-state index in [1.165, 1.54) is 0 Å². The monoisotopic (exact) mass is 263 g/mol. The van der Waals surface area contributed by atoms with Crippen LogP contribution in [0.2, 0.25) is 0 Å². The highest BCUT2D eigenvalue weighted by molar-refractivity contribution is 5.72. The van der Waals surface area contributed by atoms with Crippen molar-refractivity contribution in [2.24, 2.45) is 5.92 Å². The first kappa shape index (κ1) is 13.9. The van der Waals surface area contributed by atoms with Gasteiger partial charge in [-0.05, 0) is 32.4 Å². The van der Waals surface area contributed by atoms with E-state index in [-0.39, 0.29) is 11.9 Å². The van der Waals surface area contributed by atoms with Gasteiger partial charge in [0.15, 0.2) is 0 Å². The van der Waals surface area contributed by atoms with Crippen LogP contribution >= 0.6 is 0 Å². The number of hydrogen-bond donors (Lipinski definition) is 1. The maximum atomic E-state index is 11.8. The lowest BCUT2D eigenvalue weighted by Crippen LogP contribution is -2.38. The van der Waals surface area contributed by atoms with Gasteiger partial charge in [-0.3, -0.25) is 9.69 Å². The first-order valence-electron chi connectivity index (χ1n) is 6.86. The number of piperidine rings is 1. The molecule has 4 nitrogen and oxygen atoms in total. The van der Waals surface area contributed by atoms with E-state index in [9.17, 15) is 9.90 Å². The Kier molecular flexibility index (Phi) is 4.80. The molecular weight excluding hydrogens is 242 g/mol. The zero-order valence-electron chi connectivity index (χ0n) is 11.3. The van der Waals surface area contributed by atoms with Gasteiger partial charge in [-0.15, -0.1) is 0 Å². The van der Waals surface area contributed by atoms with Crippen LogP contribution in [-0.2, 0) is 16.1 Å². The molecule has 1 atom stereocenters. The zero-order valence-corrected chi connectivity index (χ0v) is 11.3. The molecule has 0 spiro atoms. The number of carbonyl (C=O) groups is 1. The van der Waals surface area contributed by atoms with Crippen LogP contribution in [0, 0.1) is 5.92 Å². The summed E-state index contributed by atoms with van der Waals surface area (Å²) in [6, 6.07) is 7.35. The van der Waals surface area contributed by atoms with Crippen LogP contribution in [0.1, 0.15) is 25.3 Å². The van der Waals surface area contributed by atoms with Gasteiger partial charge in [-0.1, -0.05) is 18.2 Å².